The van der Waals surface area contributed by atoms with Crippen LogP contribution in [-0.2, 0) is 6.42 Å². The highest BCUT2D eigenvalue weighted by Crippen LogP contribution is 2.25. The van der Waals surface area contributed by atoms with E-state index in [9.17, 15) is 14.7 Å². The Morgan fingerprint density at radius 3 is 2.52 bits per heavy atom. The van der Waals surface area contributed by atoms with E-state index < -0.39 is 11.7 Å². The largest absolute Gasteiger partial charge is 0.485 e. The van der Waals surface area contributed by atoms with Crippen LogP contribution in [0, 0.1) is 13.8 Å². The summed E-state index contributed by atoms with van der Waals surface area (Å²) >= 11 is 0. The van der Waals surface area contributed by atoms with Crippen molar-refractivity contribution in [2.45, 2.75) is 33.3 Å². The number of aliphatic hydroxyl groups excluding tert-OH is 1. The van der Waals surface area contributed by atoms with Gasteiger partial charge in [-0.1, -0.05) is 29.8 Å². The summed E-state index contributed by atoms with van der Waals surface area (Å²) in [4.78, 5) is 24.4. The molecular weight excluding hydrogens is 344 g/mol. The van der Waals surface area contributed by atoms with Gasteiger partial charge in [0.05, 0.1) is 6.10 Å². The Labute approximate surface area is 157 Å². The third-order valence-corrected chi connectivity index (χ3v) is 4.50. The van der Waals surface area contributed by atoms with Crippen LogP contribution in [0.4, 0.5) is 0 Å². The minimum absolute atomic E-state index is 0.0993. The number of hydrogen-bond acceptors (Lipinski definition) is 5. The van der Waals surface area contributed by atoms with E-state index in [1.807, 2.05) is 26.0 Å². The predicted octanol–water partition coefficient (Wildman–Crippen LogP) is 3.59. The zero-order chi connectivity index (χ0) is 19.6. The molecule has 3 aromatic rings. The van der Waals surface area contributed by atoms with Gasteiger partial charge in [-0.3, -0.25) is 4.79 Å². The molecule has 27 heavy (non-hydrogen) atoms. The van der Waals surface area contributed by atoms with Crippen LogP contribution in [0.5, 0.6) is 5.75 Å². The first-order valence-electron chi connectivity index (χ1n) is 8.82. The Morgan fingerprint density at radius 2 is 1.85 bits per heavy atom. The molecular formula is C22H22O5. The van der Waals surface area contributed by atoms with Crippen LogP contribution in [0.1, 0.15) is 34.0 Å². The van der Waals surface area contributed by atoms with Gasteiger partial charge in [0.15, 0.2) is 12.4 Å². The molecule has 0 radical (unpaired) electrons. The monoisotopic (exact) mass is 366 g/mol. The fourth-order valence-electron chi connectivity index (χ4n) is 2.97. The second kappa shape index (κ2) is 7.76. The van der Waals surface area contributed by atoms with Crippen molar-refractivity contribution >= 4 is 16.8 Å². The molecule has 0 saturated carbocycles. The SMILES string of the molecule is Cc1ccc(C(=O)COc2ccc3c(C)c(CC(C)O)c(=O)oc3c2)cc1. The van der Waals surface area contributed by atoms with Crippen molar-refractivity contribution in [2.75, 3.05) is 6.61 Å². The summed E-state index contributed by atoms with van der Waals surface area (Å²) in [5.74, 6) is 0.328. The molecule has 5 heteroatoms. The molecule has 1 N–H and O–H groups in total. The molecule has 1 atom stereocenters. The van der Waals surface area contributed by atoms with Crippen molar-refractivity contribution in [1.29, 1.82) is 0 Å². The van der Waals surface area contributed by atoms with E-state index in [0.29, 0.717) is 22.5 Å². The van der Waals surface area contributed by atoms with E-state index in [2.05, 4.69) is 0 Å². The van der Waals surface area contributed by atoms with Crippen molar-refractivity contribution in [2.24, 2.45) is 0 Å². The molecule has 1 aromatic heterocycles. The minimum Gasteiger partial charge on any atom is -0.485 e. The highest BCUT2D eigenvalue weighted by atomic mass is 16.5. The maximum atomic E-state index is 12.2. The molecule has 5 nitrogen and oxygen atoms in total. The third-order valence-electron chi connectivity index (χ3n) is 4.50. The summed E-state index contributed by atoms with van der Waals surface area (Å²) in [5.41, 5.74) is 2.86. The number of rotatable bonds is 6. The second-order valence-corrected chi connectivity index (χ2v) is 6.78. The van der Waals surface area contributed by atoms with Crippen LogP contribution < -0.4 is 10.4 Å². The lowest BCUT2D eigenvalue weighted by molar-refractivity contribution is 0.0921. The molecule has 0 fully saturated rings. The highest BCUT2D eigenvalue weighted by molar-refractivity contribution is 5.97. The Hall–Kier alpha value is -2.92. The number of aryl methyl sites for hydroxylation is 2. The molecule has 0 aliphatic heterocycles. The normalized spacial score (nSPS) is 12.1. The van der Waals surface area contributed by atoms with Gasteiger partial charge in [0.1, 0.15) is 11.3 Å². The fraction of sp³-hybridized carbons (Fsp3) is 0.273. The average Bonchev–Trinajstić information content (AvgIpc) is 2.63. The quantitative estimate of drug-likeness (QED) is 0.533. The molecule has 0 bridgehead atoms. The summed E-state index contributed by atoms with van der Waals surface area (Å²) in [7, 11) is 0. The fourth-order valence-corrected chi connectivity index (χ4v) is 2.97. The van der Waals surface area contributed by atoms with E-state index in [1.165, 1.54) is 0 Å². The number of carbonyl (C=O) groups is 1. The van der Waals surface area contributed by atoms with Gasteiger partial charge < -0.3 is 14.3 Å². The second-order valence-electron chi connectivity index (χ2n) is 6.78. The van der Waals surface area contributed by atoms with Gasteiger partial charge in [-0.05, 0) is 38.5 Å². The summed E-state index contributed by atoms with van der Waals surface area (Å²) in [6, 6.07) is 12.4. The zero-order valence-electron chi connectivity index (χ0n) is 15.6. The molecule has 2 aromatic carbocycles. The van der Waals surface area contributed by atoms with Gasteiger partial charge in [-0.25, -0.2) is 4.79 Å². The van der Waals surface area contributed by atoms with Crippen LogP contribution in [0.15, 0.2) is 51.7 Å². The Morgan fingerprint density at radius 1 is 1.15 bits per heavy atom. The number of ether oxygens (including phenoxy) is 1. The van der Waals surface area contributed by atoms with Gasteiger partial charge in [0.25, 0.3) is 0 Å². The van der Waals surface area contributed by atoms with Crippen molar-refractivity contribution in [3.05, 3.63) is 75.1 Å². The summed E-state index contributed by atoms with van der Waals surface area (Å²) in [6.07, 6.45) is -0.382. The lowest BCUT2D eigenvalue weighted by atomic mass is 10.0. The summed E-state index contributed by atoms with van der Waals surface area (Å²) in [5, 5.41) is 10.3. The van der Waals surface area contributed by atoms with Crippen molar-refractivity contribution in [1.82, 2.24) is 0 Å². The third kappa shape index (κ3) is 4.26. The summed E-state index contributed by atoms with van der Waals surface area (Å²) in [6.45, 7) is 5.32. The molecule has 0 aliphatic rings. The Kier molecular flexibility index (Phi) is 5.42. The van der Waals surface area contributed by atoms with Crippen molar-refractivity contribution < 1.29 is 19.1 Å². The molecule has 0 saturated heterocycles. The average molecular weight is 366 g/mol. The van der Waals surface area contributed by atoms with Gasteiger partial charge in [0, 0.05) is 29.0 Å². The van der Waals surface area contributed by atoms with Crippen LogP contribution in [0.2, 0.25) is 0 Å². The maximum Gasteiger partial charge on any atom is 0.339 e. The van der Waals surface area contributed by atoms with Gasteiger partial charge in [0.2, 0.25) is 0 Å². The Bertz CT molecular complexity index is 1030. The van der Waals surface area contributed by atoms with E-state index in [0.717, 1.165) is 16.5 Å². The number of ketones is 1. The molecule has 0 spiro atoms. The van der Waals surface area contributed by atoms with Crippen molar-refractivity contribution in [3.8, 4) is 5.75 Å². The van der Waals surface area contributed by atoms with Crippen LogP contribution in [0.3, 0.4) is 0 Å². The van der Waals surface area contributed by atoms with E-state index in [4.69, 9.17) is 9.15 Å². The van der Waals surface area contributed by atoms with Crippen LogP contribution in [-0.4, -0.2) is 23.6 Å². The lowest BCUT2D eigenvalue weighted by Crippen LogP contribution is -2.16. The number of carbonyl (C=O) groups excluding carboxylic acids is 1. The standard InChI is InChI=1S/C22H22O5/c1-13-4-6-16(7-5-13)20(24)12-26-17-8-9-18-15(3)19(10-14(2)23)22(25)27-21(18)11-17/h4-9,11,14,23H,10,12H2,1-3H3. The lowest BCUT2D eigenvalue weighted by Gasteiger charge is -2.11. The van der Waals surface area contributed by atoms with E-state index in [-0.39, 0.29) is 18.8 Å². The number of Topliss-reactive ketones (excluding diaryl/α,β-unsaturated/α-hetero) is 1. The highest BCUT2D eigenvalue weighted by Gasteiger charge is 2.14. The number of aliphatic hydroxyl groups is 1. The minimum atomic E-state index is -0.626. The van der Waals surface area contributed by atoms with Gasteiger partial charge >= 0.3 is 5.63 Å². The summed E-state index contributed by atoms with van der Waals surface area (Å²) < 4.78 is 11.0. The number of fused-ring (bicyclic) bond motifs is 1. The zero-order valence-corrected chi connectivity index (χ0v) is 15.6. The van der Waals surface area contributed by atoms with Gasteiger partial charge in [-0.15, -0.1) is 0 Å². The predicted molar refractivity (Wildman–Crippen MR) is 104 cm³/mol. The van der Waals surface area contributed by atoms with E-state index >= 15 is 0 Å². The maximum absolute atomic E-state index is 12.2. The van der Waals surface area contributed by atoms with E-state index in [1.54, 1.807) is 37.3 Å². The molecule has 1 unspecified atom stereocenters. The van der Waals surface area contributed by atoms with Crippen molar-refractivity contribution in [3.63, 3.8) is 0 Å². The number of hydrogen-bond donors (Lipinski definition) is 1. The first-order chi connectivity index (χ1) is 12.8. The van der Waals surface area contributed by atoms with Crippen LogP contribution >= 0.6 is 0 Å². The topological polar surface area (TPSA) is 76.7 Å². The smallest absolute Gasteiger partial charge is 0.339 e. The molecule has 0 aliphatic carbocycles. The number of benzene rings is 2. The Balaban J connectivity index is 1.81. The molecule has 0 amide bonds. The van der Waals surface area contributed by atoms with Crippen LogP contribution in [0.25, 0.3) is 11.0 Å². The molecule has 140 valence electrons. The first-order valence-corrected chi connectivity index (χ1v) is 8.82. The molecule has 3 rings (SSSR count). The first kappa shape index (κ1) is 18.9. The van der Waals surface area contributed by atoms with Gasteiger partial charge in [-0.2, -0.15) is 0 Å². The molecule has 1 heterocycles.